The molecule has 0 bridgehead atoms. The summed E-state index contributed by atoms with van der Waals surface area (Å²) in [7, 11) is 1.73. The van der Waals surface area contributed by atoms with E-state index in [0.717, 1.165) is 36.5 Å². The molecule has 3 rings (SSSR count). The number of hydrogen-bond acceptors (Lipinski definition) is 4. The van der Waals surface area contributed by atoms with Gasteiger partial charge in [0, 0.05) is 31.7 Å². The molecule has 0 aliphatic carbocycles. The van der Waals surface area contributed by atoms with Crippen LogP contribution in [0.5, 0.6) is 11.5 Å². The van der Waals surface area contributed by atoms with Crippen molar-refractivity contribution in [3.8, 4) is 11.5 Å². The zero-order valence-electron chi connectivity index (χ0n) is 18.9. The van der Waals surface area contributed by atoms with Crippen molar-refractivity contribution in [2.45, 2.75) is 32.9 Å². The molecule has 0 aromatic heterocycles. The smallest absolute Gasteiger partial charge is 0.191 e. The third-order valence-corrected chi connectivity index (χ3v) is 5.10. The van der Waals surface area contributed by atoms with Crippen molar-refractivity contribution in [3.63, 3.8) is 0 Å². The lowest BCUT2D eigenvalue weighted by molar-refractivity contribution is 0.166. The molecule has 8 heteroatoms. The standard InChI is InChI=1S/C24H32FN3O3.HI/c1-17-4-5-20(23(12-17)30-16-19-10-11-29-15-19)14-28-24(26-3)27-13-18(2)31-22-8-6-21(25)7-9-22;/h4-9,12,18-19H,10-11,13-16H2,1-3H3,(H2,26,27,28);1H. The summed E-state index contributed by atoms with van der Waals surface area (Å²) in [6.45, 7) is 7.41. The second kappa shape index (κ2) is 13.5. The first-order chi connectivity index (χ1) is 15.0. The first kappa shape index (κ1) is 26.2. The average Bonchev–Trinajstić information content (AvgIpc) is 3.28. The predicted molar refractivity (Wildman–Crippen MR) is 136 cm³/mol. The van der Waals surface area contributed by atoms with Gasteiger partial charge in [-0.1, -0.05) is 12.1 Å². The van der Waals surface area contributed by atoms with Gasteiger partial charge in [-0.15, -0.1) is 24.0 Å². The minimum atomic E-state index is -0.279. The van der Waals surface area contributed by atoms with Crippen LogP contribution in [-0.2, 0) is 11.3 Å². The van der Waals surface area contributed by atoms with Crippen molar-refractivity contribution in [2.75, 3.05) is 33.4 Å². The number of aliphatic imine (C=N–C) groups is 1. The van der Waals surface area contributed by atoms with E-state index in [1.807, 2.05) is 6.92 Å². The lowest BCUT2D eigenvalue weighted by atomic mass is 10.1. The lowest BCUT2D eigenvalue weighted by Gasteiger charge is -2.19. The van der Waals surface area contributed by atoms with E-state index in [-0.39, 0.29) is 35.9 Å². The van der Waals surface area contributed by atoms with Gasteiger partial charge in [0.05, 0.1) is 19.8 Å². The first-order valence-electron chi connectivity index (χ1n) is 10.7. The van der Waals surface area contributed by atoms with Crippen molar-refractivity contribution < 1.29 is 18.6 Å². The number of aryl methyl sites for hydroxylation is 1. The zero-order valence-corrected chi connectivity index (χ0v) is 21.2. The van der Waals surface area contributed by atoms with Gasteiger partial charge in [0.1, 0.15) is 23.4 Å². The molecule has 1 heterocycles. The Morgan fingerprint density at radius 2 is 2.00 bits per heavy atom. The van der Waals surface area contributed by atoms with Gasteiger partial charge >= 0.3 is 0 Å². The number of hydrogen-bond donors (Lipinski definition) is 2. The summed E-state index contributed by atoms with van der Waals surface area (Å²) in [5.41, 5.74) is 2.23. The van der Waals surface area contributed by atoms with Gasteiger partial charge in [-0.3, -0.25) is 4.99 Å². The molecule has 1 fully saturated rings. The molecular weight excluding hydrogens is 524 g/mol. The Hall–Kier alpha value is -2.07. The summed E-state index contributed by atoms with van der Waals surface area (Å²) in [4.78, 5) is 4.28. The van der Waals surface area contributed by atoms with Gasteiger partial charge in [0.2, 0.25) is 0 Å². The van der Waals surface area contributed by atoms with Gasteiger partial charge in [-0.05, 0) is 56.2 Å². The van der Waals surface area contributed by atoms with Gasteiger partial charge in [0.25, 0.3) is 0 Å². The molecule has 0 amide bonds. The zero-order chi connectivity index (χ0) is 22.1. The second-order valence-corrected chi connectivity index (χ2v) is 7.84. The van der Waals surface area contributed by atoms with Crippen LogP contribution in [0.3, 0.4) is 0 Å². The van der Waals surface area contributed by atoms with Crippen LogP contribution in [-0.4, -0.2) is 45.5 Å². The molecule has 2 N–H and O–H groups in total. The molecule has 1 aliphatic rings. The highest BCUT2D eigenvalue weighted by Crippen LogP contribution is 2.22. The van der Waals surface area contributed by atoms with Gasteiger partial charge in [-0.25, -0.2) is 4.39 Å². The lowest BCUT2D eigenvalue weighted by Crippen LogP contribution is -2.41. The predicted octanol–water partition coefficient (Wildman–Crippen LogP) is 4.30. The molecule has 0 spiro atoms. The Kier molecular flexibility index (Phi) is 11.0. The van der Waals surface area contributed by atoms with E-state index in [1.54, 1.807) is 19.2 Å². The van der Waals surface area contributed by atoms with Gasteiger partial charge < -0.3 is 24.8 Å². The van der Waals surface area contributed by atoms with E-state index in [1.165, 1.54) is 12.1 Å². The Labute approximate surface area is 207 Å². The van der Waals surface area contributed by atoms with Gasteiger partial charge in [0.15, 0.2) is 5.96 Å². The summed E-state index contributed by atoms with van der Waals surface area (Å²) in [5, 5.41) is 6.59. The van der Waals surface area contributed by atoms with Crippen LogP contribution in [0.2, 0.25) is 0 Å². The molecule has 2 aromatic rings. The molecule has 2 aromatic carbocycles. The Bertz CT molecular complexity index is 858. The third-order valence-electron chi connectivity index (χ3n) is 5.10. The number of benzene rings is 2. The molecule has 32 heavy (non-hydrogen) atoms. The molecule has 1 saturated heterocycles. The van der Waals surface area contributed by atoms with Crippen LogP contribution in [0.15, 0.2) is 47.5 Å². The molecular formula is C24H33FIN3O3. The minimum absolute atomic E-state index is 0. The molecule has 0 radical (unpaired) electrons. The number of rotatable bonds is 9. The molecule has 6 nitrogen and oxygen atoms in total. The Morgan fingerprint density at radius 1 is 1.22 bits per heavy atom. The first-order valence-corrected chi connectivity index (χ1v) is 10.7. The number of nitrogens with zero attached hydrogens (tertiary/aromatic N) is 1. The monoisotopic (exact) mass is 557 g/mol. The van der Waals surface area contributed by atoms with E-state index in [2.05, 4.69) is 40.7 Å². The Morgan fingerprint density at radius 3 is 2.69 bits per heavy atom. The van der Waals surface area contributed by atoms with Gasteiger partial charge in [-0.2, -0.15) is 0 Å². The van der Waals surface area contributed by atoms with E-state index < -0.39 is 0 Å². The minimum Gasteiger partial charge on any atom is -0.493 e. The van der Waals surface area contributed by atoms with Crippen molar-refractivity contribution in [2.24, 2.45) is 10.9 Å². The van der Waals surface area contributed by atoms with E-state index in [4.69, 9.17) is 14.2 Å². The molecule has 0 saturated carbocycles. The maximum Gasteiger partial charge on any atom is 0.191 e. The van der Waals surface area contributed by atoms with E-state index in [0.29, 0.717) is 37.3 Å². The SMILES string of the molecule is CN=C(NCc1ccc(C)cc1OCC1CCOC1)NCC(C)Oc1ccc(F)cc1.I. The average molecular weight is 557 g/mol. The normalized spacial score (nSPS) is 16.8. The summed E-state index contributed by atoms with van der Waals surface area (Å²) >= 11 is 0. The molecule has 1 aliphatic heterocycles. The van der Waals surface area contributed by atoms with Crippen LogP contribution < -0.4 is 20.1 Å². The fourth-order valence-electron chi connectivity index (χ4n) is 3.29. The van der Waals surface area contributed by atoms with Crippen molar-refractivity contribution in [1.29, 1.82) is 0 Å². The largest absolute Gasteiger partial charge is 0.493 e. The van der Waals surface area contributed by atoms with Crippen LogP contribution in [0.25, 0.3) is 0 Å². The highest BCUT2D eigenvalue weighted by atomic mass is 127. The number of guanidine groups is 1. The van der Waals surface area contributed by atoms with Crippen molar-refractivity contribution >= 4 is 29.9 Å². The fourth-order valence-corrected chi connectivity index (χ4v) is 3.29. The summed E-state index contributed by atoms with van der Waals surface area (Å²) in [6.07, 6.45) is 0.935. The molecule has 176 valence electrons. The molecule has 2 unspecified atom stereocenters. The third kappa shape index (κ3) is 8.46. The fraction of sp³-hybridized carbons (Fsp3) is 0.458. The van der Waals surface area contributed by atoms with Crippen LogP contribution >= 0.6 is 24.0 Å². The number of nitrogens with one attached hydrogen (secondary N) is 2. The summed E-state index contributed by atoms with van der Waals surface area (Å²) in [6, 6.07) is 12.2. The summed E-state index contributed by atoms with van der Waals surface area (Å²) < 4.78 is 30.4. The van der Waals surface area contributed by atoms with Crippen molar-refractivity contribution in [1.82, 2.24) is 10.6 Å². The summed E-state index contributed by atoms with van der Waals surface area (Å²) in [5.74, 6) is 2.37. The number of ether oxygens (including phenoxy) is 3. The Balaban J connectivity index is 0.00000363. The maximum atomic E-state index is 13.0. The quantitative estimate of drug-likeness (QED) is 0.274. The van der Waals surface area contributed by atoms with Crippen molar-refractivity contribution in [3.05, 3.63) is 59.4 Å². The highest BCUT2D eigenvalue weighted by Gasteiger charge is 2.17. The highest BCUT2D eigenvalue weighted by molar-refractivity contribution is 14.0. The maximum absolute atomic E-state index is 13.0. The van der Waals surface area contributed by atoms with Crippen LogP contribution in [0.1, 0.15) is 24.5 Å². The van der Waals surface area contributed by atoms with E-state index in [9.17, 15) is 4.39 Å². The van der Waals surface area contributed by atoms with Crippen LogP contribution in [0, 0.1) is 18.7 Å². The topological polar surface area (TPSA) is 64.1 Å². The molecule has 2 atom stereocenters. The number of halogens is 2. The second-order valence-electron chi connectivity index (χ2n) is 7.84. The van der Waals surface area contributed by atoms with E-state index >= 15 is 0 Å². The van der Waals surface area contributed by atoms with Crippen LogP contribution in [0.4, 0.5) is 4.39 Å².